The molecule has 5 aliphatic rings. The number of Topliss-reactive ketones (excluding diaryl/α,β-unsaturated/α-hetero) is 1. The largest absolute Gasteiger partial charge is 0.478 e. The predicted octanol–water partition coefficient (Wildman–Crippen LogP) is 4.78. The summed E-state index contributed by atoms with van der Waals surface area (Å²) in [5, 5.41) is 27.9. The van der Waals surface area contributed by atoms with E-state index in [-0.39, 0.29) is 29.4 Å². The lowest BCUT2D eigenvalue weighted by atomic mass is 9.49. The number of anilines is 3. The molecule has 55 heavy (non-hydrogen) atoms. The van der Waals surface area contributed by atoms with Gasteiger partial charge in [-0.2, -0.15) is 9.97 Å². The van der Waals surface area contributed by atoms with E-state index in [9.17, 15) is 24.3 Å². The van der Waals surface area contributed by atoms with Gasteiger partial charge in [-0.15, -0.1) is 0 Å². The van der Waals surface area contributed by atoms with Gasteiger partial charge in [-0.25, -0.2) is 9.59 Å². The van der Waals surface area contributed by atoms with E-state index in [4.69, 9.17) is 20.2 Å². The van der Waals surface area contributed by atoms with Crippen LogP contribution in [0.2, 0.25) is 0 Å². The molecule has 0 radical (unpaired) electrons. The van der Waals surface area contributed by atoms with E-state index in [0.29, 0.717) is 36.8 Å². The quantitative estimate of drug-likeness (QED) is 0.197. The molecule has 0 amide bonds. The molecule has 4 aliphatic carbocycles. The molecule has 1 aliphatic heterocycles. The maximum absolute atomic E-state index is 14.2. The van der Waals surface area contributed by atoms with Gasteiger partial charge in [0.2, 0.25) is 5.95 Å². The molecule has 3 N–H and O–H groups in total. The summed E-state index contributed by atoms with van der Waals surface area (Å²) < 4.78 is 0. The monoisotopic (exact) mass is 760 g/mol. The van der Waals surface area contributed by atoms with E-state index in [0.717, 1.165) is 82.8 Å². The van der Waals surface area contributed by atoms with Gasteiger partial charge < -0.3 is 30.0 Å². The summed E-state index contributed by atoms with van der Waals surface area (Å²) in [4.78, 5) is 64.4. The van der Waals surface area contributed by atoms with Crippen molar-refractivity contribution in [1.82, 2.24) is 14.9 Å². The lowest BCUT2D eigenvalue weighted by molar-refractivity contribution is -0.154. The number of aromatic nitrogens is 2. The second-order valence-electron chi connectivity index (χ2n) is 16.0. The molecule has 0 aromatic carbocycles. The highest BCUT2D eigenvalue weighted by Gasteiger charge is 2.64. The van der Waals surface area contributed by atoms with Gasteiger partial charge in [-0.1, -0.05) is 31.6 Å². The number of carbonyl (C=O) groups excluding carboxylic acids is 2. The van der Waals surface area contributed by atoms with Crippen molar-refractivity contribution >= 4 is 41.1 Å². The summed E-state index contributed by atoms with van der Waals surface area (Å²) in [5.41, 5.74) is 0.534. The Bertz CT molecular complexity index is 1710. The Labute approximate surface area is 325 Å². The van der Waals surface area contributed by atoms with Crippen LogP contribution in [0.15, 0.2) is 53.7 Å². The molecule has 1 aromatic heterocycles. The van der Waals surface area contributed by atoms with Gasteiger partial charge in [0, 0.05) is 81.4 Å². The lowest BCUT2D eigenvalue weighted by Crippen LogP contribution is -2.58. The molecule has 0 bridgehead atoms. The van der Waals surface area contributed by atoms with Gasteiger partial charge in [0.25, 0.3) is 0 Å². The topological polar surface area (TPSA) is 168 Å². The summed E-state index contributed by atoms with van der Waals surface area (Å²) >= 11 is 0. The third kappa shape index (κ3) is 8.14. The first-order valence-electron chi connectivity index (χ1n) is 20.0. The fraction of sp³-hybridized carbons (Fsp3) is 0.619. The number of nitrogens with zero attached hydrogens (tertiary/aromatic N) is 6. The Morgan fingerprint density at radius 2 is 1.55 bits per heavy atom. The van der Waals surface area contributed by atoms with E-state index in [1.807, 2.05) is 6.08 Å². The number of rotatable bonds is 12. The Balaban J connectivity index is 0.000000654. The van der Waals surface area contributed by atoms with Crippen molar-refractivity contribution in [2.45, 2.75) is 79.8 Å². The van der Waals surface area contributed by atoms with Gasteiger partial charge in [0.05, 0.1) is 6.54 Å². The van der Waals surface area contributed by atoms with Crippen LogP contribution in [0.1, 0.15) is 74.1 Å². The van der Waals surface area contributed by atoms with Crippen LogP contribution >= 0.6 is 0 Å². The van der Waals surface area contributed by atoms with Crippen LogP contribution in [-0.4, -0.2) is 118 Å². The van der Waals surface area contributed by atoms with Gasteiger partial charge in [0.15, 0.2) is 11.6 Å². The second-order valence-corrected chi connectivity index (χ2v) is 16.0. The maximum atomic E-state index is 14.2. The minimum absolute atomic E-state index is 0.0266. The third-order valence-electron chi connectivity index (χ3n) is 13.1. The van der Waals surface area contributed by atoms with Crippen LogP contribution < -0.4 is 14.7 Å². The fourth-order valence-corrected chi connectivity index (χ4v) is 9.94. The second kappa shape index (κ2) is 16.8. The predicted molar refractivity (Wildman–Crippen MR) is 213 cm³/mol. The normalized spacial score (nSPS) is 30.0. The van der Waals surface area contributed by atoms with Crippen molar-refractivity contribution in [1.29, 1.82) is 0 Å². The number of ketones is 2. The first-order valence-corrected chi connectivity index (χ1v) is 20.0. The molecule has 300 valence electrons. The first-order chi connectivity index (χ1) is 26.0. The average Bonchev–Trinajstić information content (AvgIpc) is 3.44. The number of carboxylic acid groups (broad SMARTS) is 2. The molecule has 6 atom stereocenters. The zero-order valence-corrected chi connectivity index (χ0v) is 33.6. The Morgan fingerprint density at radius 3 is 2.13 bits per heavy atom. The lowest BCUT2D eigenvalue weighted by Gasteiger charge is -2.55. The van der Waals surface area contributed by atoms with E-state index in [1.165, 1.54) is 11.1 Å². The minimum atomic E-state index is -1.33. The summed E-state index contributed by atoms with van der Waals surface area (Å²) in [6, 6.07) is 2.11. The average molecular weight is 761 g/mol. The summed E-state index contributed by atoms with van der Waals surface area (Å²) in [6.45, 7) is 22.0. The first kappa shape index (κ1) is 41.8. The maximum Gasteiger partial charge on any atom is 0.328 e. The number of aliphatic hydroxyl groups is 1. The van der Waals surface area contributed by atoms with Crippen LogP contribution in [0.4, 0.5) is 17.6 Å². The minimum Gasteiger partial charge on any atom is -0.478 e. The van der Waals surface area contributed by atoms with Gasteiger partial charge >= 0.3 is 11.9 Å². The number of hydrogen-bond acceptors (Lipinski definition) is 11. The summed E-state index contributed by atoms with van der Waals surface area (Å²) in [5.74, 6) is 1.05. The van der Waals surface area contributed by atoms with Crippen LogP contribution in [0.25, 0.3) is 0 Å². The molecule has 1 saturated heterocycles. The molecule has 13 heteroatoms. The zero-order chi connectivity index (χ0) is 40.3. The molecular formula is C42H60N6O7. The Morgan fingerprint density at radius 1 is 0.927 bits per heavy atom. The van der Waals surface area contributed by atoms with Gasteiger partial charge in [-0.05, 0) is 95.8 Å². The van der Waals surface area contributed by atoms with E-state index >= 15 is 0 Å². The van der Waals surface area contributed by atoms with Crippen LogP contribution in [0.3, 0.4) is 0 Å². The molecule has 0 spiro atoms. The fourth-order valence-electron chi connectivity index (χ4n) is 9.94. The van der Waals surface area contributed by atoms with Crippen molar-refractivity contribution in [2.24, 2.45) is 28.6 Å². The van der Waals surface area contributed by atoms with E-state index < -0.39 is 23.0 Å². The number of carboxylic acids is 2. The molecule has 2 saturated carbocycles. The molecule has 0 unspecified atom stereocenters. The number of fused-ring (bicyclic) bond motifs is 5. The number of piperazine rings is 1. The van der Waals surface area contributed by atoms with Crippen molar-refractivity contribution in [2.75, 3.05) is 73.6 Å². The van der Waals surface area contributed by atoms with Crippen molar-refractivity contribution in [3.8, 4) is 0 Å². The van der Waals surface area contributed by atoms with Crippen LogP contribution in [-0.2, 0) is 19.2 Å². The van der Waals surface area contributed by atoms with Gasteiger partial charge in [-0.3, -0.25) is 14.5 Å². The van der Waals surface area contributed by atoms with Crippen molar-refractivity contribution < 1.29 is 34.5 Å². The van der Waals surface area contributed by atoms with Crippen LogP contribution in [0, 0.1) is 28.6 Å². The highest BCUT2D eigenvalue weighted by Crippen LogP contribution is 2.65. The third-order valence-corrected chi connectivity index (χ3v) is 13.1. The standard InChI is InChI=1S/C38H56N6O3.C4H4O4/c1-8-42(9-2)33-24-34(40-35(39-33)43(10-3)11-4)44-20-18-41(19-21-44)25-32(46)38(47)17-14-30-28-22-26(5)31-23-27(45)12-15-36(31,6)29(28)13-16-37(30,38)7;5-3(6)1-2-4(7)8/h12-13,15,23-24,26,28,30,47H,8-11,14,16-22,25H2,1-7H3;1-2H,(H,5,6)(H,7,8)/b;2-1+/t26-,28+,30-,36-,37-,38-;/m0./s1. The van der Waals surface area contributed by atoms with Crippen molar-refractivity contribution in [3.05, 3.63) is 53.7 Å². The van der Waals surface area contributed by atoms with Crippen LogP contribution in [0.5, 0.6) is 0 Å². The molecule has 3 fully saturated rings. The molecule has 1 aromatic rings. The summed E-state index contributed by atoms with van der Waals surface area (Å²) in [7, 11) is 0. The number of hydrogen-bond donors (Lipinski definition) is 3. The number of aliphatic carboxylic acids is 2. The summed E-state index contributed by atoms with van der Waals surface area (Å²) in [6.07, 6.45) is 12.2. The SMILES string of the molecule is CCN(CC)c1cc(N2CCN(CC(=O)[C@@]3(O)CC[C@H]4[C@@H]5C[C@H](C)C6=CC(=O)C=C[C@@]6(C)C5=CC[C@@]43C)CC2)nc(N(CC)CC)n1.O=C(O)/C=C/C(=O)O. The number of carbonyl (C=O) groups is 4. The molecule has 6 rings (SSSR count). The molecular weight excluding hydrogens is 700 g/mol. The van der Waals surface area contributed by atoms with E-state index in [1.54, 1.807) is 6.08 Å². The highest BCUT2D eigenvalue weighted by atomic mass is 16.4. The van der Waals surface area contributed by atoms with Gasteiger partial charge in [0.1, 0.15) is 17.2 Å². The Hall–Kier alpha value is -4.36. The smallest absolute Gasteiger partial charge is 0.328 e. The molecule has 2 heterocycles. The zero-order valence-electron chi connectivity index (χ0n) is 33.6. The molecule has 13 nitrogen and oxygen atoms in total. The van der Waals surface area contributed by atoms with Crippen molar-refractivity contribution in [3.63, 3.8) is 0 Å². The van der Waals surface area contributed by atoms with E-state index in [2.05, 4.69) is 86.3 Å². The highest BCUT2D eigenvalue weighted by molar-refractivity contribution is 6.01. The Kier molecular flexibility index (Phi) is 12.8. The number of allylic oxidation sites excluding steroid dienone is 6.